The van der Waals surface area contributed by atoms with Crippen molar-refractivity contribution in [2.24, 2.45) is 5.92 Å². The molecule has 2 nitrogen and oxygen atoms in total. The first-order valence-corrected chi connectivity index (χ1v) is 5.58. The van der Waals surface area contributed by atoms with Gasteiger partial charge in [-0.15, -0.1) is 0 Å². The van der Waals surface area contributed by atoms with Crippen LogP contribution in [0.25, 0.3) is 0 Å². The smallest absolute Gasteiger partial charge is 0.166 e. The highest BCUT2D eigenvalue weighted by Crippen LogP contribution is 2.33. The number of rotatable bonds is 4. The zero-order valence-corrected chi connectivity index (χ0v) is 9.50. The van der Waals surface area contributed by atoms with Crippen molar-refractivity contribution < 1.29 is 13.9 Å². The van der Waals surface area contributed by atoms with E-state index in [-0.39, 0.29) is 23.6 Å². The van der Waals surface area contributed by atoms with Crippen LogP contribution in [0.4, 0.5) is 4.39 Å². The minimum atomic E-state index is -0.458. The average molecular weight is 222 g/mol. The number of hydrogen-bond acceptors (Lipinski definition) is 2. The highest BCUT2D eigenvalue weighted by atomic mass is 19.1. The third-order valence-corrected chi connectivity index (χ3v) is 2.53. The Hall–Kier alpha value is -1.38. The SMILES string of the molecule is CC(C)Oc1ccc(C(=O)C2CC2)cc1F. The third kappa shape index (κ3) is 2.40. The summed E-state index contributed by atoms with van der Waals surface area (Å²) in [5, 5.41) is 0. The molecule has 0 atom stereocenters. The second kappa shape index (κ2) is 4.24. The molecule has 0 radical (unpaired) electrons. The molecule has 0 heterocycles. The number of benzene rings is 1. The fourth-order valence-electron chi connectivity index (χ4n) is 1.58. The lowest BCUT2D eigenvalue weighted by molar-refractivity contribution is 0.0967. The highest BCUT2D eigenvalue weighted by Gasteiger charge is 2.30. The van der Waals surface area contributed by atoms with Crippen LogP contribution in [-0.2, 0) is 0 Å². The lowest BCUT2D eigenvalue weighted by Crippen LogP contribution is -2.08. The molecule has 1 aliphatic carbocycles. The average Bonchev–Trinajstić information content (AvgIpc) is 3.03. The summed E-state index contributed by atoms with van der Waals surface area (Å²) < 4.78 is 18.8. The van der Waals surface area contributed by atoms with Gasteiger partial charge in [0.2, 0.25) is 0 Å². The molecule has 0 aromatic heterocycles. The zero-order valence-electron chi connectivity index (χ0n) is 9.50. The number of Topliss-reactive ketones (excluding diaryl/α,β-unsaturated/α-hetero) is 1. The Morgan fingerprint density at radius 3 is 2.62 bits per heavy atom. The monoisotopic (exact) mass is 222 g/mol. The summed E-state index contributed by atoms with van der Waals surface area (Å²) in [7, 11) is 0. The van der Waals surface area contributed by atoms with Crippen LogP contribution in [0.5, 0.6) is 5.75 Å². The summed E-state index contributed by atoms with van der Waals surface area (Å²) in [5.74, 6) is -0.0752. The number of ether oxygens (including phenoxy) is 1. The van der Waals surface area contributed by atoms with Gasteiger partial charge in [0, 0.05) is 11.5 Å². The van der Waals surface area contributed by atoms with Gasteiger partial charge < -0.3 is 4.74 Å². The van der Waals surface area contributed by atoms with Crippen LogP contribution >= 0.6 is 0 Å². The molecule has 0 spiro atoms. The zero-order chi connectivity index (χ0) is 11.7. The van der Waals surface area contributed by atoms with Gasteiger partial charge in [-0.25, -0.2) is 4.39 Å². The number of carbonyl (C=O) groups excluding carboxylic acids is 1. The van der Waals surface area contributed by atoms with Crippen molar-refractivity contribution in [2.45, 2.75) is 32.8 Å². The summed E-state index contributed by atoms with van der Waals surface area (Å²) in [4.78, 5) is 11.7. The maximum absolute atomic E-state index is 13.6. The van der Waals surface area contributed by atoms with Crippen LogP contribution in [-0.4, -0.2) is 11.9 Å². The molecule has 0 aliphatic heterocycles. The van der Waals surface area contributed by atoms with E-state index in [1.54, 1.807) is 6.07 Å². The Morgan fingerprint density at radius 2 is 2.12 bits per heavy atom. The lowest BCUT2D eigenvalue weighted by atomic mass is 10.1. The molecule has 1 aromatic rings. The molecule has 86 valence electrons. The summed E-state index contributed by atoms with van der Waals surface area (Å²) in [5.41, 5.74) is 0.455. The fourth-order valence-corrected chi connectivity index (χ4v) is 1.58. The van der Waals surface area contributed by atoms with Crippen LogP contribution in [0.2, 0.25) is 0 Å². The van der Waals surface area contributed by atoms with Gasteiger partial charge in [0.05, 0.1) is 6.10 Å². The maximum atomic E-state index is 13.6. The molecule has 0 N–H and O–H groups in total. The molecule has 0 amide bonds. The first kappa shape index (κ1) is 11.1. The summed E-state index contributed by atoms with van der Waals surface area (Å²) in [6, 6.07) is 4.45. The van der Waals surface area contributed by atoms with E-state index in [0.29, 0.717) is 5.56 Å². The Labute approximate surface area is 94.4 Å². The standard InChI is InChI=1S/C13H15FO2/c1-8(2)16-12-6-5-10(7-11(12)14)13(15)9-3-4-9/h5-9H,3-4H2,1-2H3. The van der Waals surface area contributed by atoms with Gasteiger partial charge >= 0.3 is 0 Å². The molecule has 0 unspecified atom stereocenters. The largest absolute Gasteiger partial charge is 0.488 e. The van der Waals surface area contributed by atoms with Gasteiger partial charge in [0.1, 0.15) is 0 Å². The van der Waals surface area contributed by atoms with Crippen molar-refractivity contribution in [3.05, 3.63) is 29.6 Å². The number of ketones is 1. The first-order chi connectivity index (χ1) is 7.58. The Bertz CT molecular complexity index is 408. The van der Waals surface area contributed by atoms with E-state index >= 15 is 0 Å². The molecule has 0 bridgehead atoms. The predicted octanol–water partition coefficient (Wildman–Crippen LogP) is 3.21. The van der Waals surface area contributed by atoms with E-state index in [2.05, 4.69) is 0 Å². The van der Waals surface area contributed by atoms with E-state index in [1.165, 1.54) is 12.1 Å². The van der Waals surface area contributed by atoms with E-state index in [0.717, 1.165) is 12.8 Å². The van der Waals surface area contributed by atoms with Gasteiger partial charge in [-0.05, 0) is 44.9 Å². The Balaban J connectivity index is 2.18. The van der Waals surface area contributed by atoms with Crippen LogP contribution in [0.1, 0.15) is 37.0 Å². The number of carbonyl (C=O) groups is 1. The molecule has 1 fully saturated rings. The molecule has 2 rings (SSSR count). The van der Waals surface area contributed by atoms with E-state index in [9.17, 15) is 9.18 Å². The van der Waals surface area contributed by atoms with Crippen LogP contribution in [0.3, 0.4) is 0 Å². The van der Waals surface area contributed by atoms with E-state index < -0.39 is 5.82 Å². The van der Waals surface area contributed by atoms with Crippen molar-refractivity contribution >= 4 is 5.78 Å². The molecule has 16 heavy (non-hydrogen) atoms. The molecule has 3 heteroatoms. The molecular weight excluding hydrogens is 207 g/mol. The number of halogens is 1. The molecule has 1 aromatic carbocycles. The van der Waals surface area contributed by atoms with Crippen LogP contribution < -0.4 is 4.74 Å². The second-order valence-corrected chi connectivity index (χ2v) is 4.45. The Kier molecular flexibility index (Phi) is 2.95. The van der Waals surface area contributed by atoms with Gasteiger partial charge in [0.25, 0.3) is 0 Å². The summed E-state index contributed by atoms with van der Waals surface area (Å²) in [6.45, 7) is 3.67. The van der Waals surface area contributed by atoms with Gasteiger partial charge in [-0.2, -0.15) is 0 Å². The first-order valence-electron chi connectivity index (χ1n) is 5.58. The van der Waals surface area contributed by atoms with Crippen LogP contribution in [0.15, 0.2) is 18.2 Å². The minimum Gasteiger partial charge on any atom is -0.488 e. The topological polar surface area (TPSA) is 26.3 Å². The summed E-state index contributed by atoms with van der Waals surface area (Å²) in [6.07, 6.45) is 1.80. The molecule has 0 saturated heterocycles. The lowest BCUT2D eigenvalue weighted by Gasteiger charge is -2.11. The quantitative estimate of drug-likeness (QED) is 0.731. The third-order valence-electron chi connectivity index (χ3n) is 2.53. The van der Waals surface area contributed by atoms with E-state index in [1.807, 2.05) is 13.8 Å². The van der Waals surface area contributed by atoms with E-state index in [4.69, 9.17) is 4.74 Å². The van der Waals surface area contributed by atoms with Crippen molar-refractivity contribution in [1.29, 1.82) is 0 Å². The van der Waals surface area contributed by atoms with Crippen molar-refractivity contribution in [2.75, 3.05) is 0 Å². The molecular formula is C13H15FO2. The highest BCUT2D eigenvalue weighted by molar-refractivity contribution is 5.99. The van der Waals surface area contributed by atoms with Crippen molar-refractivity contribution in [1.82, 2.24) is 0 Å². The maximum Gasteiger partial charge on any atom is 0.166 e. The van der Waals surface area contributed by atoms with Crippen molar-refractivity contribution in [3.63, 3.8) is 0 Å². The van der Waals surface area contributed by atoms with Gasteiger partial charge in [0.15, 0.2) is 17.3 Å². The molecule has 1 saturated carbocycles. The van der Waals surface area contributed by atoms with Gasteiger partial charge in [-0.1, -0.05) is 0 Å². The predicted molar refractivity (Wildman–Crippen MR) is 59.2 cm³/mol. The summed E-state index contributed by atoms with van der Waals surface area (Å²) >= 11 is 0. The Morgan fingerprint density at radius 1 is 1.44 bits per heavy atom. The molecule has 1 aliphatic rings. The number of hydrogen-bond donors (Lipinski definition) is 0. The van der Waals surface area contributed by atoms with Crippen molar-refractivity contribution in [3.8, 4) is 5.75 Å². The van der Waals surface area contributed by atoms with Gasteiger partial charge in [-0.3, -0.25) is 4.79 Å². The minimum absolute atomic E-state index is 0.0509. The van der Waals surface area contributed by atoms with Crippen LogP contribution in [0, 0.1) is 11.7 Å². The normalized spacial score (nSPS) is 15.2. The fraction of sp³-hybridized carbons (Fsp3) is 0.462. The second-order valence-electron chi connectivity index (χ2n) is 4.45.